The van der Waals surface area contributed by atoms with Crippen LogP contribution in [0.15, 0.2) is 12.3 Å². The number of carbonyl (C=O) groups is 1. The van der Waals surface area contributed by atoms with Gasteiger partial charge in [0.25, 0.3) is 0 Å². The number of carbonyl (C=O) groups excluding carboxylic acids is 1. The molecule has 0 aromatic carbocycles. The maximum Gasteiger partial charge on any atom is 0.179 e. The fourth-order valence-corrected chi connectivity index (χ4v) is 3.42. The SMILES string of the molecule is O=C(c1ccns1)C1CC2CCC1NC2. The van der Waals surface area contributed by atoms with Crippen molar-refractivity contribution in [3.8, 4) is 0 Å². The normalized spacial score (nSPS) is 34.3. The number of aromatic nitrogens is 1. The van der Waals surface area contributed by atoms with Gasteiger partial charge in [-0.2, -0.15) is 0 Å². The first-order valence-electron chi connectivity index (χ1n) is 5.53. The van der Waals surface area contributed by atoms with Crippen molar-refractivity contribution >= 4 is 17.3 Å². The molecule has 80 valence electrons. The van der Waals surface area contributed by atoms with E-state index in [0.29, 0.717) is 11.8 Å². The third-order valence-corrected chi connectivity index (χ3v) is 4.41. The monoisotopic (exact) mass is 222 g/mol. The lowest BCUT2D eigenvalue weighted by Gasteiger charge is -2.42. The number of hydrogen-bond acceptors (Lipinski definition) is 4. The van der Waals surface area contributed by atoms with Gasteiger partial charge in [-0.05, 0) is 49.3 Å². The van der Waals surface area contributed by atoms with E-state index in [1.54, 1.807) is 6.20 Å². The van der Waals surface area contributed by atoms with Crippen LogP contribution in [-0.4, -0.2) is 22.7 Å². The van der Waals surface area contributed by atoms with Gasteiger partial charge < -0.3 is 5.32 Å². The summed E-state index contributed by atoms with van der Waals surface area (Å²) in [4.78, 5) is 13.0. The fraction of sp³-hybridized carbons (Fsp3) is 0.636. The van der Waals surface area contributed by atoms with Gasteiger partial charge in [-0.25, -0.2) is 4.37 Å². The molecule has 1 aromatic rings. The highest BCUT2D eigenvalue weighted by Gasteiger charge is 2.39. The highest BCUT2D eigenvalue weighted by Crippen LogP contribution is 2.35. The molecule has 1 N–H and O–H groups in total. The summed E-state index contributed by atoms with van der Waals surface area (Å²) in [5.41, 5.74) is 0. The Morgan fingerprint density at radius 1 is 1.53 bits per heavy atom. The molecule has 15 heavy (non-hydrogen) atoms. The van der Waals surface area contributed by atoms with E-state index in [1.807, 2.05) is 6.07 Å². The maximum absolute atomic E-state index is 12.2. The fourth-order valence-electron chi connectivity index (χ4n) is 2.82. The number of ketones is 1. The molecule has 3 nitrogen and oxygen atoms in total. The van der Waals surface area contributed by atoms with Crippen molar-refractivity contribution in [2.75, 3.05) is 6.54 Å². The third kappa shape index (κ3) is 1.62. The number of nitrogens with one attached hydrogen (secondary N) is 1. The molecule has 3 aliphatic rings. The number of Topliss-reactive ketones (excluding diaryl/α,β-unsaturated/α-hetero) is 1. The summed E-state index contributed by atoms with van der Waals surface area (Å²) in [6.45, 7) is 1.11. The van der Waals surface area contributed by atoms with Crippen molar-refractivity contribution in [2.45, 2.75) is 25.3 Å². The van der Waals surface area contributed by atoms with Gasteiger partial charge in [0.15, 0.2) is 5.78 Å². The highest BCUT2D eigenvalue weighted by atomic mass is 32.1. The van der Waals surface area contributed by atoms with Crippen LogP contribution >= 0.6 is 11.5 Å². The summed E-state index contributed by atoms with van der Waals surface area (Å²) in [6, 6.07) is 2.26. The van der Waals surface area contributed by atoms with Crippen LogP contribution in [0.3, 0.4) is 0 Å². The summed E-state index contributed by atoms with van der Waals surface area (Å²) in [7, 11) is 0. The molecule has 4 rings (SSSR count). The molecule has 0 amide bonds. The quantitative estimate of drug-likeness (QED) is 0.775. The van der Waals surface area contributed by atoms with E-state index in [2.05, 4.69) is 9.69 Å². The van der Waals surface area contributed by atoms with Gasteiger partial charge in [-0.1, -0.05) is 0 Å². The average molecular weight is 222 g/mol. The number of nitrogens with zero attached hydrogens (tertiary/aromatic N) is 1. The van der Waals surface area contributed by atoms with Crippen LogP contribution in [0.1, 0.15) is 28.9 Å². The van der Waals surface area contributed by atoms with Crippen molar-refractivity contribution in [1.82, 2.24) is 9.69 Å². The lowest BCUT2D eigenvalue weighted by atomic mass is 9.72. The zero-order valence-corrected chi connectivity index (χ0v) is 9.30. The molecular formula is C11H14N2OS. The van der Waals surface area contributed by atoms with E-state index in [1.165, 1.54) is 24.4 Å². The zero-order chi connectivity index (χ0) is 10.3. The van der Waals surface area contributed by atoms with Gasteiger partial charge in [-0.3, -0.25) is 4.79 Å². The Morgan fingerprint density at radius 2 is 2.47 bits per heavy atom. The minimum atomic E-state index is 0.206. The van der Waals surface area contributed by atoms with Gasteiger partial charge >= 0.3 is 0 Å². The van der Waals surface area contributed by atoms with Crippen LogP contribution in [0, 0.1) is 11.8 Å². The van der Waals surface area contributed by atoms with Gasteiger partial charge in [0.1, 0.15) is 0 Å². The Bertz CT molecular complexity index is 355. The van der Waals surface area contributed by atoms with Gasteiger partial charge in [0.05, 0.1) is 4.88 Å². The van der Waals surface area contributed by atoms with E-state index in [-0.39, 0.29) is 5.92 Å². The summed E-state index contributed by atoms with van der Waals surface area (Å²) >= 11 is 1.32. The molecule has 0 radical (unpaired) electrons. The molecule has 2 aliphatic heterocycles. The molecule has 3 atom stereocenters. The van der Waals surface area contributed by atoms with Crippen molar-refractivity contribution in [1.29, 1.82) is 0 Å². The Kier molecular flexibility index (Phi) is 2.33. The Labute approximate surface area is 93.1 Å². The Morgan fingerprint density at radius 3 is 3.00 bits per heavy atom. The molecule has 0 spiro atoms. The summed E-state index contributed by atoms with van der Waals surface area (Å²) < 4.78 is 4.00. The molecule has 1 aliphatic carbocycles. The molecule has 4 heteroatoms. The van der Waals surface area contributed by atoms with Gasteiger partial charge in [-0.15, -0.1) is 0 Å². The number of piperidine rings is 2. The first-order valence-corrected chi connectivity index (χ1v) is 6.30. The standard InChI is InChI=1S/C11H14N2OS/c14-11(10-3-4-13-15-10)8-5-7-1-2-9(8)12-6-7/h3-4,7-9,12H,1-2,5-6H2. The predicted octanol–water partition coefficient (Wildman–Crippen LogP) is 1.71. The maximum atomic E-state index is 12.2. The molecule has 3 fully saturated rings. The number of fused-ring (bicyclic) bond motifs is 3. The lowest BCUT2D eigenvalue weighted by molar-refractivity contribution is 0.0735. The summed E-state index contributed by atoms with van der Waals surface area (Å²) in [5.74, 6) is 1.23. The lowest BCUT2D eigenvalue weighted by Crippen LogP contribution is -2.52. The highest BCUT2D eigenvalue weighted by molar-refractivity contribution is 7.08. The van der Waals surface area contributed by atoms with Crippen LogP contribution in [-0.2, 0) is 0 Å². The van der Waals surface area contributed by atoms with Crippen LogP contribution in [0.2, 0.25) is 0 Å². The topological polar surface area (TPSA) is 42.0 Å². The largest absolute Gasteiger partial charge is 0.313 e. The molecule has 2 saturated heterocycles. The van der Waals surface area contributed by atoms with Crippen molar-refractivity contribution in [3.05, 3.63) is 17.1 Å². The van der Waals surface area contributed by atoms with E-state index in [9.17, 15) is 4.79 Å². The van der Waals surface area contributed by atoms with E-state index >= 15 is 0 Å². The van der Waals surface area contributed by atoms with E-state index in [4.69, 9.17) is 0 Å². The minimum absolute atomic E-state index is 0.206. The zero-order valence-electron chi connectivity index (χ0n) is 8.48. The second kappa shape index (κ2) is 3.68. The van der Waals surface area contributed by atoms with E-state index in [0.717, 1.165) is 23.8 Å². The smallest absolute Gasteiger partial charge is 0.179 e. The summed E-state index contributed by atoms with van der Waals surface area (Å²) in [6.07, 6.45) is 5.25. The third-order valence-electron chi connectivity index (χ3n) is 3.65. The Balaban J connectivity index is 1.80. The van der Waals surface area contributed by atoms with Crippen LogP contribution in [0.5, 0.6) is 0 Å². The van der Waals surface area contributed by atoms with Crippen LogP contribution in [0.25, 0.3) is 0 Å². The Hall–Kier alpha value is -0.740. The first-order chi connectivity index (χ1) is 7.34. The minimum Gasteiger partial charge on any atom is -0.313 e. The average Bonchev–Trinajstić information content (AvgIpc) is 2.83. The van der Waals surface area contributed by atoms with Gasteiger partial charge in [0.2, 0.25) is 0 Å². The second-order valence-electron chi connectivity index (χ2n) is 4.54. The molecule has 3 unspecified atom stereocenters. The molecule has 1 saturated carbocycles. The first kappa shape index (κ1) is 9.48. The summed E-state index contributed by atoms with van der Waals surface area (Å²) in [5, 5.41) is 3.47. The van der Waals surface area contributed by atoms with E-state index < -0.39 is 0 Å². The van der Waals surface area contributed by atoms with Gasteiger partial charge in [0, 0.05) is 18.2 Å². The number of hydrogen-bond donors (Lipinski definition) is 1. The van der Waals surface area contributed by atoms with Crippen LogP contribution in [0.4, 0.5) is 0 Å². The second-order valence-corrected chi connectivity index (χ2v) is 5.37. The molecule has 1 aromatic heterocycles. The molecule has 2 bridgehead atoms. The van der Waals surface area contributed by atoms with Crippen molar-refractivity contribution < 1.29 is 4.79 Å². The molecular weight excluding hydrogens is 208 g/mol. The van der Waals surface area contributed by atoms with Crippen molar-refractivity contribution in [2.24, 2.45) is 11.8 Å². The van der Waals surface area contributed by atoms with Crippen LogP contribution < -0.4 is 5.32 Å². The number of rotatable bonds is 2. The molecule has 3 heterocycles. The predicted molar refractivity (Wildman–Crippen MR) is 59.1 cm³/mol. The van der Waals surface area contributed by atoms with Crippen molar-refractivity contribution in [3.63, 3.8) is 0 Å².